The van der Waals surface area contributed by atoms with Crippen LogP contribution in [0.2, 0.25) is 0 Å². The van der Waals surface area contributed by atoms with Crippen LogP contribution >= 0.6 is 34.4 Å². The highest BCUT2D eigenvalue weighted by atomic mass is 32.2. The summed E-state index contributed by atoms with van der Waals surface area (Å²) < 4.78 is 2.16. The Kier molecular flexibility index (Phi) is 3.91. The molecule has 7 heteroatoms. The zero-order chi connectivity index (χ0) is 14.1. The normalized spacial score (nSPS) is 14.5. The minimum absolute atomic E-state index is 0.363. The zero-order valence-corrected chi connectivity index (χ0v) is 13.6. The van der Waals surface area contributed by atoms with E-state index in [-0.39, 0.29) is 0 Å². The number of rotatable bonds is 4. The highest BCUT2D eigenvalue weighted by Gasteiger charge is 2.20. The summed E-state index contributed by atoms with van der Waals surface area (Å²) in [4.78, 5) is 4.73. The number of thiazole rings is 1. The van der Waals surface area contributed by atoms with Gasteiger partial charge in [-0.3, -0.25) is 0 Å². The molecule has 2 heterocycles. The van der Waals surface area contributed by atoms with E-state index in [1.54, 1.807) is 23.1 Å². The molecular formula is C13H14N4S3. The summed E-state index contributed by atoms with van der Waals surface area (Å²) >= 11 is 4.91. The number of nitrogen functional groups attached to an aromatic ring is 1. The highest BCUT2D eigenvalue weighted by molar-refractivity contribution is 8.01. The fourth-order valence-corrected chi connectivity index (χ4v) is 5.01. The first-order chi connectivity index (χ1) is 9.63. The molecule has 0 saturated carbocycles. The van der Waals surface area contributed by atoms with Crippen LogP contribution in [0.25, 0.3) is 10.2 Å². The molecule has 2 aromatic heterocycles. The Bertz CT molecular complexity index is 688. The van der Waals surface area contributed by atoms with Crippen molar-refractivity contribution >= 4 is 49.8 Å². The molecule has 104 valence electrons. The molecule has 0 spiro atoms. The fourth-order valence-electron chi connectivity index (χ4n) is 1.81. The lowest BCUT2D eigenvalue weighted by atomic mass is 10.1. The van der Waals surface area contributed by atoms with E-state index in [0.29, 0.717) is 16.3 Å². The minimum atomic E-state index is 0.363. The smallest absolute Gasteiger partial charge is 0.203 e. The van der Waals surface area contributed by atoms with Gasteiger partial charge in [0.25, 0.3) is 0 Å². The number of thioether (sulfide) groups is 1. The summed E-state index contributed by atoms with van der Waals surface area (Å²) in [5.41, 5.74) is 6.69. The number of nitrogens with zero attached hydrogens (tertiary/aromatic N) is 3. The van der Waals surface area contributed by atoms with Gasteiger partial charge in [0.2, 0.25) is 5.13 Å². The molecule has 2 unspecified atom stereocenters. The van der Waals surface area contributed by atoms with Crippen molar-refractivity contribution in [1.29, 1.82) is 0 Å². The lowest BCUT2D eigenvalue weighted by molar-refractivity contribution is 0.744. The third-order valence-corrected chi connectivity index (χ3v) is 6.50. The quantitative estimate of drug-likeness (QED) is 0.735. The Balaban J connectivity index is 1.78. The van der Waals surface area contributed by atoms with Crippen LogP contribution < -0.4 is 5.73 Å². The van der Waals surface area contributed by atoms with Gasteiger partial charge in [-0.25, -0.2) is 4.98 Å². The van der Waals surface area contributed by atoms with E-state index >= 15 is 0 Å². The van der Waals surface area contributed by atoms with E-state index < -0.39 is 0 Å². The molecule has 0 aliphatic carbocycles. The molecular weight excluding hydrogens is 308 g/mol. The SMILES string of the molecule is CC(Sc1nnc(N)s1)C(C)c1nc2ccccc2s1. The van der Waals surface area contributed by atoms with Gasteiger partial charge >= 0.3 is 0 Å². The number of hydrogen-bond donors (Lipinski definition) is 1. The summed E-state index contributed by atoms with van der Waals surface area (Å²) in [6.45, 7) is 4.40. The van der Waals surface area contributed by atoms with Crippen molar-refractivity contribution in [3.8, 4) is 0 Å². The van der Waals surface area contributed by atoms with Crippen molar-refractivity contribution < 1.29 is 0 Å². The maximum absolute atomic E-state index is 5.61. The van der Waals surface area contributed by atoms with Crippen LogP contribution in [0.15, 0.2) is 28.6 Å². The van der Waals surface area contributed by atoms with Crippen molar-refractivity contribution in [3.63, 3.8) is 0 Å². The molecule has 1 aromatic carbocycles. The first-order valence-corrected chi connectivity index (χ1v) is 8.76. The van der Waals surface area contributed by atoms with Gasteiger partial charge in [-0.1, -0.05) is 49.1 Å². The van der Waals surface area contributed by atoms with Gasteiger partial charge in [0.05, 0.1) is 15.2 Å². The Labute approximate surface area is 129 Å². The van der Waals surface area contributed by atoms with E-state index in [1.807, 2.05) is 6.07 Å². The molecule has 4 nitrogen and oxygen atoms in total. The van der Waals surface area contributed by atoms with Crippen molar-refractivity contribution in [1.82, 2.24) is 15.2 Å². The second-order valence-electron chi connectivity index (χ2n) is 4.54. The van der Waals surface area contributed by atoms with E-state index in [9.17, 15) is 0 Å². The fraction of sp³-hybridized carbons (Fsp3) is 0.308. The molecule has 0 radical (unpaired) electrons. The molecule has 3 rings (SSSR count). The summed E-state index contributed by atoms with van der Waals surface area (Å²) in [5.74, 6) is 0.363. The molecule has 0 aliphatic rings. The lowest BCUT2D eigenvalue weighted by Gasteiger charge is -2.15. The molecule has 2 atom stereocenters. The van der Waals surface area contributed by atoms with Gasteiger partial charge < -0.3 is 5.73 Å². The van der Waals surface area contributed by atoms with Crippen LogP contribution in [0.1, 0.15) is 24.8 Å². The number of nitrogens with two attached hydrogens (primary N) is 1. The summed E-state index contributed by atoms with van der Waals surface area (Å²) in [7, 11) is 0. The van der Waals surface area contributed by atoms with E-state index in [1.165, 1.54) is 21.0 Å². The average molecular weight is 322 g/mol. The van der Waals surface area contributed by atoms with E-state index in [0.717, 1.165) is 9.86 Å². The zero-order valence-electron chi connectivity index (χ0n) is 11.1. The second-order valence-corrected chi connectivity index (χ2v) is 8.23. The number of benzene rings is 1. The molecule has 20 heavy (non-hydrogen) atoms. The average Bonchev–Trinajstić information content (AvgIpc) is 3.03. The first-order valence-electron chi connectivity index (χ1n) is 6.24. The summed E-state index contributed by atoms with van der Waals surface area (Å²) in [6, 6.07) is 8.26. The number of fused-ring (bicyclic) bond motifs is 1. The number of aromatic nitrogens is 3. The second kappa shape index (κ2) is 5.67. The molecule has 3 aromatic rings. The summed E-state index contributed by atoms with van der Waals surface area (Å²) in [5, 5.41) is 9.98. The van der Waals surface area contributed by atoms with Gasteiger partial charge in [0, 0.05) is 11.2 Å². The van der Waals surface area contributed by atoms with Crippen molar-refractivity contribution in [2.45, 2.75) is 29.4 Å². The van der Waals surface area contributed by atoms with Gasteiger partial charge in [-0.05, 0) is 12.1 Å². The Morgan fingerprint density at radius 2 is 1.95 bits per heavy atom. The predicted molar refractivity (Wildman–Crippen MR) is 87.7 cm³/mol. The molecule has 0 amide bonds. The Morgan fingerprint density at radius 1 is 1.15 bits per heavy atom. The Morgan fingerprint density at radius 3 is 2.65 bits per heavy atom. The monoisotopic (exact) mass is 322 g/mol. The van der Waals surface area contributed by atoms with Crippen LogP contribution in [-0.2, 0) is 0 Å². The number of anilines is 1. The summed E-state index contributed by atoms with van der Waals surface area (Å²) in [6.07, 6.45) is 0. The minimum Gasteiger partial charge on any atom is -0.374 e. The number of para-hydroxylation sites is 1. The third kappa shape index (κ3) is 2.79. The van der Waals surface area contributed by atoms with E-state index in [2.05, 4.69) is 42.2 Å². The van der Waals surface area contributed by atoms with Gasteiger partial charge in [0.15, 0.2) is 4.34 Å². The first kappa shape index (κ1) is 13.8. The van der Waals surface area contributed by atoms with Gasteiger partial charge in [-0.15, -0.1) is 21.5 Å². The van der Waals surface area contributed by atoms with E-state index in [4.69, 9.17) is 10.7 Å². The topological polar surface area (TPSA) is 64.7 Å². The predicted octanol–water partition coefficient (Wildman–Crippen LogP) is 4.01. The standard InChI is InChI=1S/C13H14N4S3/c1-7(8(2)18-13-17-16-12(14)20-13)11-15-9-5-3-4-6-10(9)19-11/h3-8H,1-2H3,(H2,14,16). The van der Waals surface area contributed by atoms with Gasteiger partial charge in [-0.2, -0.15) is 0 Å². The van der Waals surface area contributed by atoms with Crippen LogP contribution in [0.3, 0.4) is 0 Å². The van der Waals surface area contributed by atoms with Crippen LogP contribution in [0, 0.1) is 0 Å². The maximum atomic E-state index is 5.61. The van der Waals surface area contributed by atoms with Crippen LogP contribution in [0.4, 0.5) is 5.13 Å². The third-order valence-electron chi connectivity index (χ3n) is 3.11. The molecule has 0 fully saturated rings. The highest BCUT2D eigenvalue weighted by Crippen LogP contribution is 2.37. The van der Waals surface area contributed by atoms with Crippen LogP contribution in [0.5, 0.6) is 0 Å². The van der Waals surface area contributed by atoms with Crippen molar-refractivity contribution in [2.24, 2.45) is 0 Å². The molecule has 0 aliphatic heterocycles. The largest absolute Gasteiger partial charge is 0.374 e. The number of hydrogen-bond acceptors (Lipinski definition) is 7. The maximum Gasteiger partial charge on any atom is 0.203 e. The Hall–Kier alpha value is -1.18. The van der Waals surface area contributed by atoms with Gasteiger partial charge in [0.1, 0.15) is 0 Å². The lowest BCUT2D eigenvalue weighted by Crippen LogP contribution is -2.07. The van der Waals surface area contributed by atoms with Crippen molar-refractivity contribution in [2.75, 3.05) is 5.73 Å². The molecule has 0 saturated heterocycles. The molecule has 2 N–H and O–H groups in total. The van der Waals surface area contributed by atoms with Crippen LogP contribution in [-0.4, -0.2) is 20.4 Å². The van der Waals surface area contributed by atoms with Crippen molar-refractivity contribution in [3.05, 3.63) is 29.3 Å². The molecule has 0 bridgehead atoms.